The van der Waals surface area contributed by atoms with Gasteiger partial charge in [-0.25, -0.2) is 14.5 Å². The molecule has 0 fully saturated rings. The van der Waals surface area contributed by atoms with Crippen LogP contribution in [0.25, 0.3) is 5.65 Å². The summed E-state index contributed by atoms with van der Waals surface area (Å²) in [6.07, 6.45) is 3.74. The molecule has 0 unspecified atom stereocenters. The van der Waals surface area contributed by atoms with Crippen molar-refractivity contribution in [3.05, 3.63) is 75.1 Å². The van der Waals surface area contributed by atoms with Crippen LogP contribution in [0.5, 0.6) is 17.5 Å². The first-order valence-corrected chi connectivity index (χ1v) is 10.7. The van der Waals surface area contributed by atoms with Crippen LogP contribution in [0.2, 0.25) is 5.15 Å². The Morgan fingerprint density at radius 1 is 1.25 bits per heavy atom. The Morgan fingerprint density at radius 3 is 2.66 bits per heavy atom. The summed E-state index contributed by atoms with van der Waals surface area (Å²) in [7, 11) is 1.79. The van der Waals surface area contributed by atoms with Crippen molar-refractivity contribution in [2.75, 3.05) is 0 Å². The third-order valence-electron chi connectivity index (χ3n) is 5.10. The molecule has 4 heterocycles. The van der Waals surface area contributed by atoms with Gasteiger partial charge in [-0.05, 0) is 31.4 Å². The van der Waals surface area contributed by atoms with Gasteiger partial charge in [-0.2, -0.15) is 14.1 Å². The standard InChI is InChI=1S/C23H24ClN5O3/c1-14(2)9-18-22(30)28(12-16-5-7-19(24)25-11-16)20-8-6-17(13-29(20)23(18)31)32-21-10-15(3)26-27(21)4/h5-8,10-11,13-14H,9,12H2,1-4H3/p+1. The number of hydrogen-bond acceptors (Lipinski definition) is 5. The lowest BCUT2D eigenvalue weighted by molar-refractivity contribution is -0.672. The molecule has 0 saturated heterocycles. The van der Waals surface area contributed by atoms with Crippen LogP contribution in [0, 0.1) is 12.8 Å². The zero-order valence-electron chi connectivity index (χ0n) is 18.4. The average molecular weight is 455 g/mol. The molecule has 1 N–H and O–H groups in total. The second-order valence-electron chi connectivity index (χ2n) is 8.22. The first kappa shape index (κ1) is 21.8. The Kier molecular flexibility index (Phi) is 5.88. The van der Waals surface area contributed by atoms with E-state index in [1.165, 1.54) is 4.40 Å². The average Bonchev–Trinajstić information content (AvgIpc) is 3.06. The van der Waals surface area contributed by atoms with Crippen molar-refractivity contribution in [2.24, 2.45) is 13.0 Å². The largest absolute Gasteiger partial charge is 0.477 e. The van der Waals surface area contributed by atoms with Crippen LogP contribution in [0.1, 0.15) is 30.7 Å². The van der Waals surface area contributed by atoms with E-state index in [2.05, 4.69) is 10.1 Å². The Bertz CT molecular complexity index is 1340. The van der Waals surface area contributed by atoms with Crippen LogP contribution >= 0.6 is 11.6 Å². The summed E-state index contributed by atoms with van der Waals surface area (Å²) in [4.78, 5) is 17.4. The highest BCUT2D eigenvalue weighted by Crippen LogP contribution is 2.23. The Balaban J connectivity index is 1.86. The van der Waals surface area contributed by atoms with E-state index in [0.29, 0.717) is 41.0 Å². The first-order chi connectivity index (χ1) is 15.2. The molecule has 0 atom stereocenters. The van der Waals surface area contributed by atoms with Gasteiger partial charge in [0.25, 0.3) is 11.5 Å². The summed E-state index contributed by atoms with van der Waals surface area (Å²) in [6.45, 7) is 6.22. The molecule has 4 rings (SSSR count). The summed E-state index contributed by atoms with van der Waals surface area (Å²) in [6, 6.07) is 8.87. The Labute approximate surface area is 190 Å². The molecule has 0 bridgehead atoms. The van der Waals surface area contributed by atoms with Gasteiger partial charge in [0.2, 0.25) is 5.88 Å². The van der Waals surface area contributed by atoms with Crippen molar-refractivity contribution in [2.45, 2.75) is 33.7 Å². The molecule has 0 aromatic carbocycles. The van der Waals surface area contributed by atoms with E-state index >= 15 is 0 Å². The molecule has 0 saturated carbocycles. The summed E-state index contributed by atoms with van der Waals surface area (Å²) in [5, 5.41) is 15.7. The second kappa shape index (κ2) is 8.63. The SMILES string of the molecule is Cc1cc(Oc2ccc3n(c2)c(=O)c(CC(C)C)c(O)[n+]3Cc2ccc(Cl)nc2)n(C)n1. The van der Waals surface area contributed by atoms with Gasteiger partial charge in [0.1, 0.15) is 23.5 Å². The molecule has 0 aliphatic rings. The van der Waals surface area contributed by atoms with Crippen molar-refractivity contribution in [3.8, 4) is 17.5 Å². The Morgan fingerprint density at radius 2 is 2.03 bits per heavy atom. The van der Waals surface area contributed by atoms with Gasteiger partial charge in [-0.15, -0.1) is 0 Å². The van der Waals surface area contributed by atoms with E-state index < -0.39 is 0 Å². The maximum absolute atomic E-state index is 13.3. The molecule has 4 aromatic rings. The van der Waals surface area contributed by atoms with Gasteiger partial charge in [-0.3, -0.25) is 0 Å². The topological polar surface area (TPSA) is 85.5 Å². The fourth-order valence-corrected chi connectivity index (χ4v) is 3.77. The lowest BCUT2D eigenvalue weighted by Gasteiger charge is -2.12. The van der Waals surface area contributed by atoms with Gasteiger partial charge >= 0.3 is 5.56 Å². The fourth-order valence-electron chi connectivity index (χ4n) is 3.66. The quantitative estimate of drug-likeness (QED) is 0.356. The van der Waals surface area contributed by atoms with Gasteiger partial charge < -0.3 is 9.84 Å². The fraction of sp³-hybridized carbons (Fsp3) is 0.304. The highest BCUT2D eigenvalue weighted by molar-refractivity contribution is 6.29. The monoisotopic (exact) mass is 454 g/mol. The molecule has 32 heavy (non-hydrogen) atoms. The minimum atomic E-state index is -0.275. The number of nitrogens with zero attached hydrogens (tertiary/aromatic N) is 5. The smallest absolute Gasteiger partial charge is 0.349 e. The van der Waals surface area contributed by atoms with E-state index in [4.69, 9.17) is 16.3 Å². The lowest BCUT2D eigenvalue weighted by Crippen LogP contribution is -2.42. The summed E-state index contributed by atoms with van der Waals surface area (Å²) in [5.41, 5.74) is 2.29. The molecule has 9 heteroatoms. The van der Waals surface area contributed by atoms with E-state index in [0.717, 1.165) is 11.3 Å². The van der Waals surface area contributed by atoms with Crippen LogP contribution < -0.4 is 14.9 Å². The Hall–Kier alpha value is -3.39. The van der Waals surface area contributed by atoms with Gasteiger partial charge in [0.15, 0.2) is 5.75 Å². The highest BCUT2D eigenvalue weighted by atomic mass is 35.5. The number of pyridine rings is 2. The number of ether oxygens (including phenoxy) is 1. The molecule has 0 spiro atoms. The zero-order chi connectivity index (χ0) is 23.0. The molecule has 4 aromatic heterocycles. The van der Waals surface area contributed by atoms with Crippen LogP contribution in [-0.4, -0.2) is 24.3 Å². The van der Waals surface area contributed by atoms with Crippen molar-refractivity contribution < 1.29 is 14.4 Å². The van der Waals surface area contributed by atoms with E-state index in [1.807, 2.05) is 32.9 Å². The first-order valence-electron chi connectivity index (χ1n) is 10.3. The van der Waals surface area contributed by atoms with Crippen molar-refractivity contribution in [1.29, 1.82) is 0 Å². The molecular formula is C23H25ClN5O3+. The molecular weight excluding hydrogens is 430 g/mol. The zero-order valence-corrected chi connectivity index (χ0v) is 19.2. The minimum absolute atomic E-state index is 0.0467. The third kappa shape index (κ3) is 4.31. The van der Waals surface area contributed by atoms with Crippen molar-refractivity contribution in [1.82, 2.24) is 19.2 Å². The van der Waals surface area contributed by atoms with Gasteiger partial charge in [0.05, 0.1) is 5.69 Å². The molecule has 8 nitrogen and oxygen atoms in total. The van der Waals surface area contributed by atoms with E-state index in [1.54, 1.807) is 46.9 Å². The van der Waals surface area contributed by atoms with E-state index in [-0.39, 0.29) is 17.4 Å². The number of halogens is 1. The second-order valence-corrected chi connectivity index (χ2v) is 8.61. The summed E-state index contributed by atoms with van der Waals surface area (Å²) < 4.78 is 10.8. The molecule has 166 valence electrons. The lowest BCUT2D eigenvalue weighted by atomic mass is 10.0. The van der Waals surface area contributed by atoms with Crippen LogP contribution in [0.15, 0.2) is 47.5 Å². The number of aromatic nitrogens is 5. The number of aromatic hydroxyl groups is 1. The molecule has 0 amide bonds. The molecule has 0 aliphatic carbocycles. The van der Waals surface area contributed by atoms with Crippen LogP contribution in [0.3, 0.4) is 0 Å². The maximum atomic E-state index is 13.3. The van der Waals surface area contributed by atoms with Crippen LogP contribution in [0.4, 0.5) is 0 Å². The van der Waals surface area contributed by atoms with Crippen LogP contribution in [-0.2, 0) is 20.0 Å². The molecule has 0 aliphatic heterocycles. The predicted molar refractivity (Wildman–Crippen MR) is 120 cm³/mol. The number of hydrogen-bond donors (Lipinski definition) is 1. The predicted octanol–water partition coefficient (Wildman–Crippen LogP) is 3.42. The highest BCUT2D eigenvalue weighted by Gasteiger charge is 2.25. The number of aryl methyl sites for hydroxylation is 2. The minimum Gasteiger partial charge on any atom is -0.477 e. The maximum Gasteiger partial charge on any atom is 0.349 e. The van der Waals surface area contributed by atoms with Gasteiger partial charge in [0, 0.05) is 30.9 Å². The summed E-state index contributed by atoms with van der Waals surface area (Å²) >= 11 is 5.91. The molecule has 0 radical (unpaired) electrons. The van der Waals surface area contributed by atoms with Crippen molar-refractivity contribution >= 4 is 17.2 Å². The van der Waals surface area contributed by atoms with Gasteiger partial charge in [-0.1, -0.05) is 31.5 Å². The number of fused-ring (bicyclic) bond motifs is 1. The van der Waals surface area contributed by atoms with E-state index in [9.17, 15) is 9.90 Å². The third-order valence-corrected chi connectivity index (χ3v) is 5.33. The van der Waals surface area contributed by atoms with Crippen molar-refractivity contribution in [3.63, 3.8) is 0 Å². The number of rotatable bonds is 6. The summed E-state index contributed by atoms with van der Waals surface area (Å²) in [5.74, 6) is 1.20. The normalized spacial score (nSPS) is 11.4.